The van der Waals surface area contributed by atoms with E-state index in [1.807, 2.05) is 32.0 Å². The second kappa shape index (κ2) is 7.40. The maximum Gasteiger partial charge on any atom is 0.225 e. The molecule has 1 amide bonds. The number of anilines is 1. The summed E-state index contributed by atoms with van der Waals surface area (Å²) in [6.07, 6.45) is 0.303. The van der Waals surface area contributed by atoms with E-state index in [1.165, 1.54) is 17.8 Å². The molecule has 0 aliphatic carbocycles. The summed E-state index contributed by atoms with van der Waals surface area (Å²) in [5.41, 5.74) is 2.96. The van der Waals surface area contributed by atoms with Crippen molar-refractivity contribution in [3.05, 3.63) is 59.2 Å². The molecular formula is C17H17F2NOS. The van der Waals surface area contributed by atoms with Crippen LogP contribution in [0.3, 0.4) is 0 Å². The third kappa shape index (κ3) is 4.56. The highest BCUT2D eigenvalue weighted by Crippen LogP contribution is 2.22. The topological polar surface area (TPSA) is 29.1 Å². The van der Waals surface area contributed by atoms with Gasteiger partial charge in [-0.3, -0.25) is 4.79 Å². The smallest absolute Gasteiger partial charge is 0.225 e. The molecule has 2 aromatic rings. The summed E-state index contributed by atoms with van der Waals surface area (Å²) in [6, 6.07) is 9.57. The van der Waals surface area contributed by atoms with Crippen molar-refractivity contribution in [1.29, 1.82) is 0 Å². The lowest BCUT2D eigenvalue weighted by atomic mass is 10.1. The number of rotatable bonds is 5. The predicted octanol–water partition coefficient (Wildman–Crippen LogP) is 4.70. The molecule has 2 nitrogen and oxygen atoms in total. The second-order valence-corrected chi connectivity index (χ2v) is 6.21. The molecule has 1 N–H and O–H groups in total. The molecule has 0 aromatic heterocycles. The molecule has 0 spiro atoms. The van der Waals surface area contributed by atoms with Crippen LogP contribution in [0.1, 0.15) is 17.5 Å². The van der Waals surface area contributed by atoms with Gasteiger partial charge >= 0.3 is 0 Å². The Morgan fingerprint density at radius 2 is 1.86 bits per heavy atom. The quantitative estimate of drug-likeness (QED) is 0.809. The summed E-state index contributed by atoms with van der Waals surface area (Å²) in [6.45, 7) is 3.94. The van der Waals surface area contributed by atoms with E-state index in [4.69, 9.17) is 0 Å². The van der Waals surface area contributed by atoms with Gasteiger partial charge in [-0.25, -0.2) is 8.78 Å². The van der Waals surface area contributed by atoms with Crippen molar-refractivity contribution in [2.45, 2.75) is 25.2 Å². The van der Waals surface area contributed by atoms with Gasteiger partial charge in [0.15, 0.2) is 11.6 Å². The van der Waals surface area contributed by atoms with E-state index in [9.17, 15) is 13.6 Å². The number of hydrogen-bond acceptors (Lipinski definition) is 2. The maximum atomic E-state index is 13.1. The number of aryl methyl sites for hydroxylation is 2. The second-order valence-electron chi connectivity index (χ2n) is 5.04. The Morgan fingerprint density at radius 3 is 2.55 bits per heavy atom. The molecule has 0 radical (unpaired) electrons. The fourth-order valence-corrected chi connectivity index (χ4v) is 2.87. The van der Waals surface area contributed by atoms with Gasteiger partial charge in [0.05, 0.1) is 0 Å². The minimum atomic E-state index is -0.871. The Kier molecular flexibility index (Phi) is 5.55. The number of thioether (sulfide) groups is 1. The Hall–Kier alpha value is -1.88. The van der Waals surface area contributed by atoms with Crippen LogP contribution < -0.4 is 5.32 Å². The van der Waals surface area contributed by atoms with Gasteiger partial charge < -0.3 is 5.32 Å². The van der Waals surface area contributed by atoms with Crippen molar-refractivity contribution in [1.82, 2.24) is 0 Å². The summed E-state index contributed by atoms with van der Waals surface area (Å²) < 4.78 is 25.9. The molecule has 0 saturated heterocycles. The number of amides is 1. The summed E-state index contributed by atoms with van der Waals surface area (Å²) in [7, 11) is 0. The largest absolute Gasteiger partial charge is 0.326 e. The summed E-state index contributed by atoms with van der Waals surface area (Å²) in [5.74, 6) is -1.33. The first-order chi connectivity index (χ1) is 10.5. The van der Waals surface area contributed by atoms with Crippen LogP contribution in [0.25, 0.3) is 0 Å². The predicted molar refractivity (Wildman–Crippen MR) is 86.2 cm³/mol. The third-order valence-electron chi connectivity index (χ3n) is 3.14. The Morgan fingerprint density at radius 1 is 1.09 bits per heavy atom. The van der Waals surface area contributed by atoms with Gasteiger partial charge in [0.2, 0.25) is 5.91 Å². The van der Waals surface area contributed by atoms with E-state index >= 15 is 0 Å². The number of benzene rings is 2. The molecular weight excluding hydrogens is 304 g/mol. The molecule has 116 valence electrons. The highest BCUT2D eigenvalue weighted by atomic mass is 32.2. The van der Waals surface area contributed by atoms with Gasteiger partial charge in [0.25, 0.3) is 0 Å². The van der Waals surface area contributed by atoms with Crippen LogP contribution >= 0.6 is 11.8 Å². The summed E-state index contributed by atoms with van der Waals surface area (Å²) in [4.78, 5) is 12.5. The standard InChI is InChI=1S/C17H17F2NOS/c1-11-3-6-16(12(2)9-11)20-17(21)7-8-22-13-4-5-14(18)15(19)10-13/h3-6,9-10H,7-8H2,1-2H3,(H,20,21). The molecule has 5 heteroatoms. The van der Waals surface area contributed by atoms with Crippen LogP contribution in [0, 0.1) is 25.5 Å². The van der Waals surface area contributed by atoms with E-state index in [0.29, 0.717) is 17.1 Å². The Labute approximate surface area is 132 Å². The average Bonchev–Trinajstić information content (AvgIpc) is 2.46. The van der Waals surface area contributed by atoms with E-state index in [0.717, 1.165) is 28.9 Å². The first kappa shape index (κ1) is 16.5. The van der Waals surface area contributed by atoms with Gasteiger partial charge in [-0.05, 0) is 43.7 Å². The first-order valence-corrected chi connectivity index (χ1v) is 7.89. The van der Waals surface area contributed by atoms with Gasteiger partial charge in [0.1, 0.15) is 0 Å². The van der Waals surface area contributed by atoms with Gasteiger partial charge in [-0.15, -0.1) is 11.8 Å². The summed E-state index contributed by atoms with van der Waals surface area (Å²) >= 11 is 1.32. The minimum absolute atomic E-state index is 0.0953. The van der Waals surface area contributed by atoms with Crippen LogP contribution in [0.15, 0.2) is 41.3 Å². The van der Waals surface area contributed by atoms with Crippen LogP contribution in [-0.4, -0.2) is 11.7 Å². The molecule has 0 bridgehead atoms. The highest BCUT2D eigenvalue weighted by Gasteiger charge is 2.07. The zero-order chi connectivity index (χ0) is 16.1. The van der Waals surface area contributed by atoms with Crippen LogP contribution in [-0.2, 0) is 4.79 Å². The Balaban J connectivity index is 1.83. The molecule has 0 atom stereocenters. The van der Waals surface area contributed by atoms with E-state index in [2.05, 4.69) is 5.32 Å². The molecule has 0 heterocycles. The number of hydrogen-bond donors (Lipinski definition) is 1. The number of halogens is 2. The van der Waals surface area contributed by atoms with Gasteiger partial charge in [-0.2, -0.15) is 0 Å². The lowest BCUT2D eigenvalue weighted by Crippen LogP contribution is -2.13. The fourth-order valence-electron chi connectivity index (χ4n) is 1.99. The zero-order valence-corrected chi connectivity index (χ0v) is 13.3. The Bertz CT molecular complexity index is 688. The molecule has 0 saturated carbocycles. The number of nitrogens with one attached hydrogen (secondary N) is 1. The van der Waals surface area contributed by atoms with Crippen molar-refractivity contribution in [2.75, 3.05) is 11.1 Å². The highest BCUT2D eigenvalue weighted by molar-refractivity contribution is 7.99. The van der Waals surface area contributed by atoms with Crippen molar-refractivity contribution in [2.24, 2.45) is 0 Å². The first-order valence-electron chi connectivity index (χ1n) is 6.90. The monoisotopic (exact) mass is 321 g/mol. The van der Waals surface area contributed by atoms with Crippen LogP contribution in [0.4, 0.5) is 14.5 Å². The normalized spacial score (nSPS) is 10.5. The number of carbonyl (C=O) groups excluding carboxylic acids is 1. The van der Waals surface area contributed by atoms with Gasteiger partial charge in [-0.1, -0.05) is 17.7 Å². The van der Waals surface area contributed by atoms with Crippen molar-refractivity contribution < 1.29 is 13.6 Å². The lowest BCUT2D eigenvalue weighted by molar-refractivity contribution is -0.115. The summed E-state index contributed by atoms with van der Waals surface area (Å²) in [5, 5.41) is 2.86. The van der Waals surface area contributed by atoms with Crippen LogP contribution in [0.5, 0.6) is 0 Å². The van der Waals surface area contributed by atoms with Gasteiger partial charge in [0, 0.05) is 22.8 Å². The van der Waals surface area contributed by atoms with Crippen molar-refractivity contribution >= 4 is 23.4 Å². The molecule has 2 aromatic carbocycles. The van der Waals surface area contributed by atoms with E-state index in [1.54, 1.807) is 0 Å². The lowest BCUT2D eigenvalue weighted by Gasteiger charge is -2.09. The molecule has 0 aliphatic heterocycles. The van der Waals surface area contributed by atoms with Crippen molar-refractivity contribution in [3.63, 3.8) is 0 Å². The fraction of sp³-hybridized carbons (Fsp3) is 0.235. The maximum absolute atomic E-state index is 13.1. The van der Waals surface area contributed by atoms with E-state index in [-0.39, 0.29) is 5.91 Å². The third-order valence-corrected chi connectivity index (χ3v) is 4.14. The molecule has 0 aliphatic rings. The minimum Gasteiger partial charge on any atom is -0.326 e. The van der Waals surface area contributed by atoms with Crippen LogP contribution in [0.2, 0.25) is 0 Å². The zero-order valence-electron chi connectivity index (χ0n) is 12.5. The molecule has 22 heavy (non-hydrogen) atoms. The number of carbonyl (C=O) groups is 1. The molecule has 0 fully saturated rings. The average molecular weight is 321 g/mol. The molecule has 0 unspecified atom stereocenters. The SMILES string of the molecule is Cc1ccc(NC(=O)CCSc2ccc(F)c(F)c2)c(C)c1. The van der Waals surface area contributed by atoms with E-state index < -0.39 is 11.6 Å². The molecule has 2 rings (SSSR count). The van der Waals surface area contributed by atoms with Crippen molar-refractivity contribution in [3.8, 4) is 0 Å².